The number of ether oxygens (including phenoxy) is 1. The van der Waals surface area contributed by atoms with Crippen LogP contribution in [0.1, 0.15) is 35.3 Å². The Labute approximate surface area is 189 Å². The first-order valence-electron chi connectivity index (χ1n) is 9.71. The van der Waals surface area contributed by atoms with Crippen molar-refractivity contribution in [3.63, 3.8) is 0 Å². The average Bonchev–Trinajstić information content (AvgIpc) is 3.16. The number of hydrogen-bond donors (Lipinski definition) is 2. The van der Waals surface area contributed by atoms with E-state index in [2.05, 4.69) is 20.8 Å². The van der Waals surface area contributed by atoms with E-state index in [0.29, 0.717) is 20.8 Å². The molecule has 9 heteroatoms. The van der Waals surface area contributed by atoms with Gasteiger partial charge in [0.1, 0.15) is 5.75 Å². The van der Waals surface area contributed by atoms with Gasteiger partial charge in [-0.1, -0.05) is 35.2 Å². The molecule has 2 amide bonds. The first-order chi connectivity index (χ1) is 14.8. The molecule has 2 aromatic carbocycles. The maximum Gasteiger partial charge on any atom is 0.257 e. The van der Waals surface area contributed by atoms with Crippen molar-refractivity contribution in [1.29, 1.82) is 0 Å². The van der Waals surface area contributed by atoms with Gasteiger partial charge in [-0.25, -0.2) is 0 Å². The van der Waals surface area contributed by atoms with E-state index in [-0.39, 0.29) is 23.7 Å². The molecular weight excluding hydrogens is 432 g/mol. The summed E-state index contributed by atoms with van der Waals surface area (Å²) in [5.74, 6) is 0.507. The van der Waals surface area contributed by atoms with Crippen molar-refractivity contribution >= 4 is 45.7 Å². The Morgan fingerprint density at radius 2 is 1.81 bits per heavy atom. The van der Waals surface area contributed by atoms with E-state index in [9.17, 15) is 9.59 Å². The number of hydrogen-bond acceptors (Lipinski definition) is 7. The molecular formula is C22H24N4O3S2. The lowest BCUT2D eigenvalue weighted by atomic mass is 10.1. The van der Waals surface area contributed by atoms with E-state index in [1.807, 2.05) is 45.9 Å². The average molecular weight is 457 g/mol. The van der Waals surface area contributed by atoms with Crippen LogP contribution in [0.2, 0.25) is 0 Å². The molecule has 0 fully saturated rings. The molecule has 3 rings (SSSR count). The fourth-order valence-electron chi connectivity index (χ4n) is 2.63. The third-order valence-electron chi connectivity index (χ3n) is 4.11. The first kappa shape index (κ1) is 22.8. The maximum atomic E-state index is 12.4. The highest BCUT2D eigenvalue weighted by atomic mass is 32.2. The van der Waals surface area contributed by atoms with E-state index in [1.165, 1.54) is 23.1 Å². The van der Waals surface area contributed by atoms with Crippen LogP contribution in [0.25, 0.3) is 0 Å². The Morgan fingerprint density at radius 3 is 2.52 bits per heavy atom. The fourth-order valence-corrected chi connectivity index (χ4v) is 4.18. The molecule has 0 saturated carbocycles. The van der Waals surface area contributed by atoms with Crippen LogP contribution in [-0.2, 0) is 4.79 Å². The summed E-state index contributed by atoms with van der Waals surface area (Å²) in [5, 5.41) is 14.0. The Balaban J connectivity index is 1.51. The highest BCUT2D eigenvalue weighted by Gasteiger charge is 2.13. The number of carbonyl (C=O) groups is 2. The summed E-state index contributed by atoms with van der Waals surface area (Å²) in [7, 11) is 0. The van der Waals surface area contributed by atoms with Gasteiger partial charge in [-0.3, -0.25) is 14.9 Å². The largest absolute Gasteiger partial charge is 0.491 e. The molecule has 0 aliphatic heterocycles. The molecule has 1 aromatic heterocycles. The lowest BCUT2D eigenvalue weighted by molar-refractivity contribution is -0.113. The number of amides is 2. The molecule has 31 heavy (non-hydrogen) atoms. The molecule has 0 saturated heterocycles. The van der Waals surface area contributed by atoms with E-state index >= 15 is 0 Å². The Bertz CT molecular complexity index is 1060. The second-order valence-electron chi connectivity index (χ2n) is 7.17. The van der Waals surface area contributed by atoms with Crippen molar-refractivity contribution in [3.8, 4) is 5.75 Å². The zero-order valence-electron chi connectivity index (χ0n) is 17.8. The number of nitrogens with one attached hydrogen (secondary N) is 2. The number of anilines is 2. The van der Waals surface area contributed by atoms with E-state index < -0.39 is 0 Å². The van der Waals surface area contributed by atoms with Gasteiger partial charge in [0.25, 0.3) is 5.91 Å². The first-order valence-corrected chi connectivity index (χ1v) is 11.5. The molecule has 0 spiro atoms. The number of carbonyl (C=O) groups excluding carboxylic acids is 2. The van der Waals surface area contributed by atoms with Crippen LogP contribution in [0.4, 0.5) is 10.8 Å². The van der Waals surface area contributed by atoms with Gasteiger partial charge >= 0.3 is 0 Å². The van der Waals surface area contributed by atoms with Crippen molar-refractivity contribution in [2.45, 2.75) is 38.1 Å². The zero-order chi connectivity index (χ0) is 22.4. The van der Waals surface area contributed by atoms with Gasteiger partial charge in [-0.05, 0) is 69.2 Å². The molecule has 0 aliphatic carbocycles. The van der Waals surface area contributed by atoms with Gasteiger partial charge in [-0.2, -0.15) is 0 Å². The number of benzene rings is 2. The molecule has 0 atom stereocenters. The molecule has 0 bridgehead atoms. The van der Waals surface area contributed by atoms with Crippen molar-refractivity contribution in [2.24, 2.45) is 0 Å². The minimum Gasteiger partial charge on any atom is -0.491 e. The number of nitrogens with zero attached hydrogens (tertiary/aromatic N) is 2. The normalized spacial score (nSPS) is 10.7. The highest BCUT2D eigenvalue weighted by Crippen LogP contribution is 2.26. The summed E-state index contributed by atoms with van der Waals surface area (Å²) in [4.78, 5) is 24.7. The minimum absolute atomic E-state index is 0.0694. The summed E-state index contributed by atoms with van der Waals surface area (Å²) in [6.07, 6.45) is 0.0694. The van der Waals surface area contributed by atoms with E-state index in [1.54, 1.807) is 24.3 Å². The second-order valence-corrected chi connectivity index (χ2v) is 9.37. The van der Waals surface area contributed by atoms with Gasteiger partial charge in [0, 0.05) is 11.3 Å². The second kappa shape index (κ2) is 10.4. The summed E-state index contributed by atoms with van der Waals surface area (Å²) in [6.45, 7) is 7.82. The number of thioether (sulfide) groups is 1. The monoisotopic (exact) mass is 456 g/mol. The topological polar surface area (TPSA) is 93.2 Å². The summed E-state index contributed by atoms with van der Waals surface area (Å²) >= 11 is 2.50. The molecule has 0 unspecified atom stereocenters. The van der Waals surface area contributed by atoms with Gasteiger partial charge < -0.3 is 10.1 Å². The van der Waals surface area contributed by atoms with E-state index in [4.69, 9.17) is 4.74 Å². The SMILES string of the molecule is Cc1ccc(C)c(NC(=O)CSc2nnc(NC(=O)c3ccc(OC(C)C)cc3)s2)c1. The Kier molecular flexibility index (Phi) is 7.64. The van der Waals surface area contributed by atoms with E-state index in [0.717, 1.165) is 16.8 Å². The molecule has 0 radical (unpaired) electrons. The molecule has 0 aliphatic rings. The van der Waals surface area contributed by atoms with Crippen LogP contribution >= 0.6 is 23.1 Å². The van der Waals surface area contributed by atoms with Gasteiger partial charge in [0.2, 0.25) is 11.0 Å². The van der Waals surface area contributed by atoms with Gasteiger partial charge in [0.15, 0.2) is 4.34 Å². The highest BCUT2D eigenvalue weighted by molar-refractivity contribution is 8.01. The molecule has 7 nitrogen and oxygen atoms in total. The number of rotatable bonds is 8. The number of aryl methyl sites for hydroxylation is 2. The Morgan fingerprint density at radius 1 is 1.06 bits per heavy atom. The predicted molar refractivity (Wildman–Crippen MR) is 125 cm³/mol. The van der Waals surface area contributed by atoms with Crippen LogP contribution in [-0.4, -0.2) is 33.9 Å². The van der Waals surface area contributed by atoms with Crippen LogP contribution in [0.3, 0.4) is 0 Å². The number of aromatic nitrogens is 2. The summed E-state index contributed by atoms with van der Waals surface area (Å²) < 4.78 is 6.18. The van der Waals surface area contributed by atoms with Crippen LogP contribution in [0, 0.1) is 13.8 Å². The summed E-state index contributed by atoms with van der Waals surface area (Å²) in [6, 6.07) is 12.8. The van der Waals surface area contributed by atoms with Gasteiger partial charge in [0.05, 0.1) is 11.9 Å². The fraction of sp³-hybridized carbons (Fsp3) is 0.273. The standard InChI is InChI=1S/C22H24N4O3S2/c1-13(2)29-17-9-7-16(8-10-17)20(28)24-21-25-26-22(31-21)30-12-19(27)23-18-11-14(3)5-6-15(18)4/h5-11,13H,12H2,1-4H3,(H,23,27)(H,24,25,28). The van der Waals surface area contributed by atoms with Gasteiger partial charge in [-0.15, -0.1) is 10.2 Å². The van der Waals surface area contributed by atoms with Crippen molar-refractivity contribution in [1.82, 2.24) is 10.2 Å². The van der Waals surface area contributed by atoms with Crippen LogP contribution < -0.4 is 15.4 Å². The predicted octanol–water partition coefficient (Wildman–Crippen LogP) is 4.93. The molecule has 2 N–H and O–H groups in total. The zero-order valence-corrected chi connectivity index (χ0v) is 19.4. The lowest BCUT2D eigenvalue weighted by Crippen LogP contribution is -2.14. The van der Waals surface area contributed by atoms with Crippen LogP contribution in [0.15, 0.2) is 46.8 Å². The maximum absolute atomic E-state index is 12.4. The quantitative estimate of drug-likeness (QED) is 0.369. The lowest BCUT2D eigenvalue weighted by Gasteiger charge is -2.09. The van der Waals surface area contributed by atoms with Crippen molar-refractivity contribution in [3.05, 3.63) is 59.2 Å². The van der Waals surface area contributed by atoms with Crippen molar-refractivity contribution in [2.75, 3.05) is 16.4 Å². The molecule has 162 valence electrons. The molecule has 1 heterocycles. The smallest absolute Gasteiger partial charge is 0.257 e. The summed E-state index contributed by atoms with van der Waals surface area (Å²) in [5.41, 5.74) is 3.39. The molecule has 3 aromatic rings. The Hall–Kier alpha value is -2.91. The third kappa shape index (κ3) is 6.80. The van der Waals surface area contributed by atoms with Crippen LogP contribution in [0.5, 0.6) is 5.75 Å². The van der Waals surface area contributed by atoms with Crippen molar-refractivity contribution < 1.29 is 14.3 Å². The third-order valence-corrected chi connectivity index (χ3v) is 6.08. The minimum atomic E-state index is -0.281.